The van der Waals surface area contributed by atoms with Crippen LogP contribution in [0.5, 0.6) is 11.5 Å². The molecule has 1 aliphatic rings. The molecule has 4 rings (SSSR count). The predicted octanol–water partition coefficient (Wildman–Crippen LogP) is 2.16. The first-order valence-electron chi connectivity index (χ1n) is 10.4. The molecule has 0 spiro atoms. The van der Waals surface area contributed by atoms with Gasteiger partial charge in [0.2, 0.25) is 0 Å². The molecule has 0 atom stereocenters. The van der Waals surface area contributed by atoms with E-state index in [0.29, 0.717) is 43.4 Å². The average molecular weight is 422 g/mol. The zero-order chi connectivity index (χ0) is 21.6. The van der Waals surface area contributed by atoms with Crippen LogP contribution in [0.1, 0.15) is 23.7 Å². The third-order valence-corrected chi connectivity index (χ3v) is 5.16. The number of aliphatic hydroxyl groups excluding tert-OH is 1. The summed E-state index contributed by atoms with van der Waals surface area (Å²) < 4.78 is 11.2. The number of pyridine rings is 1. The lowest BCUT2D eigenvalue weighted by Gasteiger charge is -2.28. The fourth-order valence-electron chi connectivity index (χ4n) is 3.71. The molecule has 1 aliphatic heterocycles. The van der Waals surface area contributed by atoms with E-state index >= 15 is 0 Å². The van der Waals surface area contributed by atoms with Crippen molar-refractivity contribution in [3.8, 4) is 22.9 Å². The molecular formula is C23H26N4O4. The zero-order valence-corrected chi connectivity index (χ0v) is 17.5. The standard InChI is InChI=1S/C23H26N4O4/c1-2-30-21-13-16(3-4-20(21)31-12-11-28)14-27-10-7-19-18(15-27)23(29)26-22(25-19)17-5-8-24-9-6-17/h3-6,8-9,13,28H,2,7,10-12,14-15H2,1H3,(H,25,26,29). The Morgan fingerprint density at radius 3 is 2.77 bits per heavy atom. The molecule has 0 saturated carbocycles. The Bertz CT molecular complexity index is 1080. The highest BCUT2D eigenvalue weighted by Gasteiger charge is 2.22. The van der Waals surface area contributed by atoms with Crippen molar-refractivity contribution < 1.29 is 14.6 Å². The van der Waals surface area contributed by atoms with Gasteiger partial charge in [0.15, 0.2) is 11.5 Å². The van der Waals surface area contributed by atoms with E-state index in [1.54, 1.807) is 12.4 Å². The van der Waals surface area contributed by atoms with Gasteiger partial charge >= 0.3 is 0 Å². The molecule has 0 fully saturated rings. The molecule has 1 aromatic carbocycles. The molecule has 2 N–H and O–H groups in total. The van der Waals surface area contributed by atoms with E-state index in [1.165, 1.54) is 0 Å². The number of nitrogens with zero attached hydrogens (tertiary/aromatic N) is 3. The summed E-state index contributed by atoms with van der Waals surface area (Å²) in [6.45, 7) is 4.66. The number of ether oxygens (including phenoxy) is 2. The van der Waals surface area contributed by atoms with E-state index in [9.17, 15) is 4.79 Å². The van der Waals surface area contributed by atoms with Gasteiger partial charge in [-0.05, 0) is 36.8 Å². The van der Waals surface area contributed by atoms with Crippen LogP contribution in [0.2, 0.25) is 0 Å². The number of nitrogens with one attached hydrogen (secondary N) is 1. The molecule has 8 nitrogen and oxygen atoms in total. The van der Waals surface area contributed by atoms with E-state index in [-0.39, 0.29) is 18.8 Å². The van der Waals surface area contributed by atoms with E-state index in [1.807, 2.05) is 37.3 Å². The van der Waals surface area contributed by atoms with Gasteiger partial charge in [0.05, 0.1) is 24.5 Å². The maximum absolute atomic E-state index is 12.7. The van der Waals surface area contributed by atoms with E-state index < -0.39 is 0 Å². The third kappa shape index (κ3) is 4.92. The van der Waals surface area contributed by atoms with Gasteiger partial charge in [-0.1, -0.05) is 6.07 Å². The van der Waals surface area contributed by atoms with Crippen molar-refractivity contribution in [2.75, 3.05) is 26.4 Å². The van der Waals surface area contributed by atoms with Gasteiger partial charge in [-0.2, -0.15) is 0 Å². The Labute approximate surface area is 180 Å². The fraction of sp³-hybridized carbons (Fsp3) is 0.348. The topological polar surface area (TPSA) is 101 Å². The van der Waals surface area contributed by atoms with Crippen molar-refractivity contribution in [1.29, 1.82) is 0 Å². The second kappa shape index (κ2) is 9.72. The molecule has 0 bridgehead atoms. The maximum Gasteiger partial charge on any atom is 0.255 e. The van der Waals surface area contributed by atoms with Crippen molar-refractivity contribution >= 4 is 0 Å². The number of fused-ring (bicyclic) bond motifs is 1. The molecule has 0 radical (unpaired) electrons. The number of hydrogen-bond donors (Lipinski definition) is 2. The lowest BCUT2D eigenvalue weighted by Crippen LogP contribution is -2.35. The summed E-state index contributed by atoms with van der Waals surface area (Å²) in [5, 5.41) is 9.00. The van der Waals surface area contributed by atoms with Crippen molar-refractivity contribution in [1.82, 2.24) is 19.9 Å². The van der Waals surface area contributed by atoms with Crippen molar-refractivity contribution in [2.45, 2.75) is 26.4 Å². The number of hydrogen-bond acceptors (Lipinski definition) is 7. The molecule has 162 valence electrons. The Hall–Kier alpha value is -3.23. The second-order valence-electron chi connectivity index (χ2n) is 7.32. The van der Waals surface area contributed by atoms with Crippen molar-refractivity contribution in [2.24, 2.45) is 0 Å². The number of H-pyrrole nitrogens is 1. The van der Waals surface area contributed by atoms with Gasteiger partial charge in [0.25, 0.3) is 5.56 Å². The Morgan fingerprint density at radius 1 is 1.16 bits per heavy atom. The van der Waals surface area contributed by atoms with Crippen molar-refractivity contribution in [3.05, 3.63) is 69.9 Å². The van der Waals surface area contributed by atoms with Gasteiger partial charge in [-0.25, -0.2) is 4.98 Å². The minimum Gasteiger partial charge on any atom is -0.490 e. The largest absolute Gasteiger partial charge is 0.490 e. The highest BCUT2D eigenvalue weighted by molar-refractivity contribution is 5.54. The van der Waals surface area contributed by atoms with Crippen LogP contribution in [0.25, 0.3) is 11.4 Å². The van der Waals surface area contributed by atoms with Crippen LogP contribution in [-0.4, -0.2) is 51.3 Å². The molecule has 31 heavy (non-hydrogen) atoms. The fourth-order valence-corrected chi connectivity index (χ4v) is 3.71. The molecule has 0 amide bonds. The highest BCUT2D eigenvalue weighted by atomic mass is 16.5. The molecule has 8 heteroatoms. The molecule has 3 heterocycles. The first-order valence-corrected chi connectivity index (χ1v) is 10.4. The van der Waals surface area contributed by atoms with Gasteiger partial charge in [-0.3, -0.25) is 14.7 Å². The Kier molecular flexibility index (Phi) is 6.59. The average Bonchev–Trinajstić information content (AvgIpc) is 2.80. The van der Waals surface area contributed by atoms with E-state index in [2.05, 4.69) is 14.9 Å². The minimum atomic E-state index is -0.0933. The molecule has 0 aliphatic carbocycles. The van der Waals surface area contributed by atoms with Gasteiger partial charge in [0.1, 0.15) is 12.4 Å². The number of aromatic nitrogens is 3. The van der Waals surface area contributed by atoms with E-state index in [4.69, 9.17) is 19.6 Å². The first kappa shape index (κ1) is 21.0. The van der Waals surface area contributed by atoms with Crippen molar-refractivity contribution in [3.63, 3.8) is 0 Å². The number of aromatic amines is 1. The Balaban J connectivity index is 1.50. The normalized spacial score (nSPS) is 13.6. The molecule has 3 aromatic rings. The smallest absolute Gasteiger partial charge is 0.255 e. The number of benzene rings is 1. The summed E-state index contributed by atoms with van der Waals surface area (Å²) in [6.07, 6.45) is 4.09. The third-order valence-electron chi connectivity index (χ3n) is 5.16. The Morgan fingerprint density at radius 2 is 2.00 bits per heavy atom. The van der Waals surface area contributed by atoms with Crippen LogP contribution in [0.3, 0.4) is 0 Å². The second-order valence-corrected chi connectivity index (χ2v) is 7.32. The van der Waals surface area contributed by atoms with Gasteiger partial charge in [0, 0.05) is 44.0 Å². The summed E-state index contributed by atoms with van der Waals surface area (Å²) in [5.41, 5.74) is 3.40. The maximum atomic E-state index is 12.7. The summed E-state index contributed by atoms with van der Waals surface area (Å²) in [7, 11) is 0. The lowest BCUT2D eigenvalue weighted by atomic mass is 10.1. The molecule has 2 aromatic heterocycles. The SMILES string of the molecule is CCOc1cc(CN2CCc3nc(-c4ccncc4)[nH]c(=O)c3C2)ccc1OCCO. The molecular weight excluding hydrogens is 396 g/mol. The van der Waals surface area contributed by atoms with E-state index in [0.717, 1.165) is 28.9 Å². The monoisotopic (exact) mass is 422 g/mol. The lowest BCUT2D eigenvalue weighted by molar-refractivity contribution is 0.194. The number of rotatable bonds is 8. The number of aliphatic hydroxyl groups is 1. The van der Waals surface area contributed by atoms with Crippen LogP contribution in [0, 0.1) is 0 Å². The molecule has 0 unspecified atom stereocenters. The minimum absolute atomic E-state index is 0.0496. The van der Waals surface area contributed by atoms with Crippen LogP contribution in [0.15, 0.2) is 47.5 Å². The highest BCUT2D eigenvalue weighted by Crippen LogP contribution is 2.29. The summed E-state index contributed by atoms with van der Waals surface area (Å²) in [5.74, 6) is 1.86. The predicted molar refractivity (Wildman–Crippen MR) is 116 cm³/mol. The summed E-state index contributed by atoms with van der Waals surface area (Å²) in [6, 6.07) is 9.48. The van der Waals surface area contributed by atoms with Gasteiger partial charge < -0.3 is 19.6 Å². The van der Waals surface area contributed by atoms with Crippen LogP contribution >= 0.6 is 0 Å². The van der Waals surface area contributed by atoms with Crippen LogP contribution in [0.4, 0.5) is 0 Å². The first-order chi connectivity index (χ1) is 15.2. The quantitative estimate of drug-likeness (QED) is 0.574. The van der Waals surface area contributed by atoms with Gasteiger partial charge in [-0.15, -0.1) is 0 Å². The molecule has 0 saturated heterocycles. The zero-order valence-electron chi connectivity index (χ0n) is 17.5. The summed E-state index contributed by atoms with van der Waals surface area (Å²) >= 11 is 0. The summed E-state index contributed by atoms with van der Waals surface area (Å²) in [4.78, 5) is 26.6. The van der Waals surface area contributed by atoms with Crippen LogP contribution in [-0.2, 0) is 19.5 Å². The van der Waals surface area contributed by atoms with Crippen LogP contribution < -0.4 is 15.0 Å².